The van der Waals surface area contributed by atoms with Gasteiger partial charge in [0.1, 0.15) is 5.82 Å². The molecule has 1 atom stereocenters. The molecule has 0 amide bonds. The predicted octanol–water partition coefficient (Wildman–Crippen LogP) is 2.08. The summed E-state index contributed by atoms with van der Waals surface area (Å²) in [6.45, 7) is 2.05. The molecule has 0 aromatic carbocycles. The summed E-state index contributed by atoms with van der Waals surface area (Å²) in [4.78, 5) is 4.20. The van der Waals surface area contributed by atoms with Crippen molar-refractivity contribution in [2.75, 3.05) is 5.32 Å². The van der Waals surface area contributed by atoms with Gasteiger partial charge in [-0.1, -0.05) is 19.3 Å². The second-order valence-corrected chi connectivity index (χ2v) is 3.74. The number of pyridine rings is 1. The van der Waals surface area contributed by atoms with Crippen LogP contribution in [0.2, 0.25) is 0 Å². The highest BCUT2D eigenvalue weighted by atomic mass is 19.1. The molecule has 17 heavy (non-hydrogen) atoms. The molecule has 0 fully saturated rings. The summed E-state index contributed by atoms with van der Waals surface area (Å²) in [5, 5.41) is 7.14. The van der Waals surface area contributed by atoms with Gasteiger partial charge in [-0.15, -0.1) is 11.5 Å². The lowest BCUT2D eigenvalue weighted by Crippen LogP contribution is -2.17. The number of halogens is 1. The first kappa shape index (κ1) is 11.4. The number of hydrogen-bond donors (Lipinski definition) is 1. The van der Waals surface area contributed by atoms with Crippen molar-refractivity contribution < 1.29 is 4.39 Å². The average molecular weight is 232 g/mol. The van der Waals surface area contributed by atoms with Gasteiger partial charge in [0, 0.05) is 0 Å². The highest BCUT2D eigenvalue weighted by Crippen LogP contribution is 2.09. The first-order chi connectivity index (χ1) is 8.22. The predicted molar refractivity (Wildman–Crippen MR) is 64.1 cm³/mol. The first-order valence-corrected chi connectivity index (χ1v) is 5.47. The minimum Gasteiger partial charge on any atom is -0.339 e. The summed E-state index contributed by atoms with van der Waals surface area (Å²) in [6, 6.07) is 2.82. The van der Waals surface area contributed by atoms with Crippen molar-refractivity contribution in [2.24, 2.45) is 0 Å². The lowest BCUT2D eigenvalue weighted by Gasteiger charge is -2.08. The Morgan fingerprint density at radius 2 is 2.41 bits per heavy atom. The number of nitrogens with one attached hydrogen (secondary N) is 1. The van der Waals surface area contributed by atoms with E-state index in [9.17, 15) is 4.39 Å². The number of hydrogen-bond acceptors (Lipinski definition) is 3. The van der Waals surface area contributed by atoms with E-state index in [0.29, 0.717) is 11.6 Å². The molecule has 0 bridgehead atoms. The summed E-state index contributed by atoms with van der Waals surface area (Å²) in [5.74, 6) is 2.70. The van der Waals surface area contributed by atoms with Gasteiger partial charge in [-0.3, -0.25) is 0 Å². The Morgan fingerprint density at radius 1 is 1.59 bits per heavy atom. The van der Waals surface area contributed by atoms with Crippen LogP contribution in [-0.2, 0) is 0 Å². The van der Waals surface area contributed by atoms with Crippen molar-refractivity contribution >= 4 is 11.6 Å². The molecule has 5 heteroatoms. The quantitative estimate of drug-likeness (QED) is 0.821. The molecular weight excluding hydrogens is 219 g/mol. The average Bonchev–Trinajstić information content (AvgIpc) is 2.69. The molecule has 88 valence electrons. The fraction of sp³-hybridized carbons (Fsp3) is 0.333. The van der Waals surface area contributed by atoms with E-state index >= 15 is 0 Å². The van der Waals surface area contributed by atoms with Gasteiger partial charge in [-0.25, -0.2) is 8.91 Å². The maximum atomic E-state index is 13.0. The van der Waals surface area contributed by atoms with Gasteiger partial charge in [0.2, 0.25) is 5.95 Å². The normalized spacial score (nSPS) is 12.3. The van der Waals surface area contributed by atoms with Crippen LogP contribution in [0.4, 0.5) is 10.3 Å². The van der Waals surface area contributed by atoms with Crippen LogP contribution in [-0.4, -0.2) is 20.6 Å². The Bertz CT molecular complexity index is 555. The van der Waals surface area contributed by atoms with E-state index in [1.807, 2.05) is 0 Å². The van der Waals surface area contributed by atoms with E-state index in [-0.39, 0.29) is 11.9 Å². The van der Waals surface area contributed by atoms with Crippen LogP contribution < -0.4 is 5.32 Å². The fourth-order valence-corrected chi connectivity index (χ4v) is 1.56. The molecule has 0 saturated carbocycles. The third kappa shape index (κ3) is 2.53. The van der Waals surface area contributed by atoms with E-state index in [4.69, 9.17) is 6.42 Å². The number of fused-ring (bicyclic) bond motifs is 1. The van der Waals surface area contributed by atoms with Gasteiger partial charge in [0.15, 0.2) is 5.65 Å². The van der Waals surface area contributed by atoms with Gasteiger partial charge in [-0.2, -0.15) is 4.98 Å². The molecule has 0 spiro atoms. The van der Waals surface area contributed by atoms with Crippen molar-refractivity contribution in [1.82, 2.24) is 14.6 Å². The molecule has 0 aliphatic rings. The summed E-state index contributed by atoms with van der Waals surface area (Å²) >= 11 is 0. The Morgan fingerprint density at radius 3 is 3.12 bits per heavy atom. The van der Waals surface area contributed by atoms with E-state index in [2.05, 4.69) is 28.2 Å². The number of aromatic nitrogens is 3. The molecule has 1 unspecified atom stereocenters. The molecule has 4 nitrogen and oxygen atoms in total. The molecule has 0 aliphatic heterocycles. The largest absolute Gasteiger partial charge is 0.339 e. The maximum absolute atomic E-state index is 13.0. The lowest BCUT2D eigenvalue weighted by atomic mass is 10.2. The van der Waals surface area contributed by atoms with Gasteiger partial charge in [0.25, 0.3) is 0 Å². The van der Waals surface area contributed by atoms with Gasteiger partial charge >= 0.3 is 0 Å². The second kappa shape index (κ2) is 4.83. The van der Waals surface area contributed by atoms with Crippen molar-refractivity contribution in [1.29, 1.82) is 0 Å². The molecule has 1 N–H and O–H groups in total. The van der Waals surface area contributed by atoms with E-state index in [1.54, 1.807) is 6.07 Å². The third-order valence-electron chi connectivity index (χ3n) is 2.38. The Balaban J connectivity index is 2.22. The molecule has 0 radical (unpaired) electrons. The van der Waals surface area contributed by atoms with Crippen molar-refractivity contribution in [2.45, 2.75) is 25.8 Å². The topological polar surface area (TPSA) is 42.2 Å². The second-order valence-electron chi connectivity index (χ2n) is 3.74. The van der Waals surface area contributed by atoms with Gasteiger partial charge in [-0.05, 0) is 18.6 Å². The number of terminal acetylenes is 1. The molecule has 2 aromatic rings. The van der Waals surface area contributed by atoms with Crippen LogP contribution in [0.15, 0.2) is 18.3 Å². The highest BCUT2D eigenvalue weighted by molar-refractivity contribution is 5.44. The van der Waals surface area contributed by atoms with Crippen molar-refractivity contribution in [3.05, 3.63) is 24.1 Å². The van der Waals surface area contributed by atoms with Crippen LogP contribution in [0.1, 0.15) is 19.8 Å². The van der Waals surface area contributed by atoms with Gasteiger partial charge < -0.3 is 5.32 Å². The highest BCUT2D eigenvalue weighted by Gasteiger charge is 2.08. The lowest BCUT2D eigenvalue weighted by molar-refractivity contribution is 0.614. The van der Waals surface area contributed by atoms with Crippen molar-refractivity contribution in [3.8, 4) is 12.3 Å². The molecule has 2 aromatic heterocycles. The molecule has 2 rings (SSSR count). The Kier molecular flexibility index (Phi) is 3.24. The number of nitrogens with zero attached hydrogens (tertiary/aromatic N) is 3. The molecule has 0 saturated heterocycles. The zero-order valence-electron chi connectivity index (χ0n) is 9.52. The van der Waals surface area contributed by atoms with E-state index < -0.39 is 0 Å². The summed E-state index contributed by atoms with van der Waals surface area (Å²) in [5.41, 5.74) is 0.584. The SMILES string of the molecule is C#CC(CCC)Nc1nc2ccc(F)cn2n1. The Hall–Kier alpha value is -2.09. The van der Waals surface area contributed by atoms with Crippen LogP contribution in [0, 0.1) is 18.2 Å². The zero-order chi connectivity index (χ0) is 12.3. The van der Waals surface area contributed by atoms with Crippen LogP contribution in [0.3, 0.4) is 0 Å². The number of rotatable bonds is 4. The maximum Gasteiger partial charge on any atom is 0.244 e. The fourth-order valence-electron chi connectivity index (χ4n) is 1.56. The number of anilines is 1. The van der Waals surface area contributed by atoms with Crippen molar-refractivity contribution in [3.63, 3.8) is 0 Å². The molecule has 2 heterocycles. The van der Waals surface area contributed by atoms with Crippen LogP contribution >= 0.6 is 0 Å². The van der Waals surface area contributed by atoms with E-state index in [0.717, 1.165) is 12.8 Å². The van der Waals surface area contributed by atoms with Crippen LogP contribution in [0.25, 0.3) is 5.65 Å². The smallest absolute Gasteiger partial charge is 0.244 e. The Labute approximate surface area is 98.9 Å². The standard InChI is InChI=1S/C12H13FN4/c1-3-5-10(4-2)14-12-15-11-7-6-9(13)8-17(11)16-12/h2,6-8,10H,3,5H2,1H3,(H,14,16). The summed E-state index contributed by atoms with van der Waals surface area (Å²) in [6.07, 6.45) is 8.49. The molecular formula is C12H13FN4. The van der Waals surface area contributed by atoms with E-state index in [1.165, 1.54) is 16.8 Å². The first-order valence-electron chi connectivity index (χ1n) is 5.47. The minimum atomic E-state index is -0.351. The van der Waals surface area contributed by atoms with Gasteiger partial charge in [0.05, 0.1) is 12.2 Å². The molecule has 0 aliphatic carbocycles. The zero-order valence-corrected chi connectivity index (χ0v) is 9.52. The summed E-state index contributed by atoms with van der Waals surface area (Å²) in [7, 11) is 0. The van der Waals surface area contributed by atoms with Crippen LogP contribution in [0.5, 0.6) is 0 Å². The minimum absolute atomic E-state index is 0.0951. The third-order valence-corrected chi connectivity index (χ3v) is 2.38. The summed E-state index contributed by atoms with van der Waals surface area (Å²) < 4.78 is 14.3. The monoisotopic (exact) mass is 232 g/mol.